The molecule has 0 N–H and O–H groups in total. The molecule has 7 aromatic rings. The molecule has 0 bridgehead atoms. The molecule has 0 saturated heterocycles. The molecule has 0 fully saturated rings. The molecule has 3 heteroatoms. The monoisotopic (exact) mass is 823 g/mol. The topological polar surface area (TPSA) is 6.48 Å². The largest absolute Gasteiger partial charge is 0.311 e. The average molecular weight is 823 g/mol. The molecule has 0 radical (unpaired) electrons. The van der Waals surface area contributed by atoms with Gasteiger partial charge in [0.15, 0.2) is 0 Å². The smallest absolute Gasteiger partial charge is 0.252 e. The van der Waals surface area contributed by atoms with E-state index in [4.69, 9.17) is 0 Å². The van der Waals surface area contributed by atoms with Crippen LogP contribution >= 0.6 is 0 Å². The molecule has 0 unspecified atom stereocenters. The van der Waals surface area contributed by atoms with Crippen molar-refractivity contribution >= 4 is 57.2 Å². The maximum absolute atomic E-state index is 2.67. The van der Waals surface area contributed by atoms with Crippen molar-refractivity contribution in [2.24, 2.45) is 0 Å². The molecule has 1 aliphatic carbocycles. The lowest BCUT2D eigenvalue weighted by Gasteiger charge is -2.48. The van der Waals surface area contributed by atoms with E-state index in [1.807, 2.05) is 0 Å². The highest BCUT2D eigenvalue weighted by Gasteiger charge is 2.47. The first kappa shape index (κ1) is 41.2. The second kappa shape index (κ2) is 14.4. The molecule has 10 rings (SSSR count). The minimum atomic E-state index is -0.0196. The van der Waals surface area contributed by atoms with E-state index < -0.39 is 0 Å². The van der Waals surface area contributed by atoms with Gasteiger partial charge in [0, 0.05) is 34.0 Å². The third-order valence-corrected chi connectivity index (χ3v) is 14.8. The van der Waals surface area contributed by atoms with Crippen LogP contribution in [0.1, 0.15) is 115 Å². The maximum atomic E-state index is 2.67. The van der Waals surface area contributed by atoms with Crippen LogP contribution in [0.4, 0.5) is 34.1 Å². The van der Waals surface area contributed by atoms with Gasteiger partial charge < -0.3 is 9.80 Å². The number of hydrogen-bond acceptors (Lipinski definition) is 2. The third kappa shape index (κ3) is 6.77. The molecule has 0 amide bonds. The van der Waals surface area contributed by atoms with Crippen molar-refractivity contribution in [1.29, 1.82) is 0 Å². The van der Waals surface area contributed by atoms with Crippen LogP contribution in [0.25, 0.3) is 22.3 Å². The predicted molar refractivity (Wildman–Crippen MR) is 273 cm³/mol. The molecule has 0 saturated carbocycles. The SMILES string of the molecule is Cc1cc2c3c(c1)N(c1ccc(C(C)(C)C)cc1-c1ccccc1)c1cc4c(cc1B3c1cc(C(C)(C)C)ccc1N2c1ccc(-c2ccccc2)cc1C)C(C)(C)CCC4(C)C. The van der Waals surface area contributed by atoms with E-state index in [1.54, 1.807) is 0 Å². The van der Waals surface area contributed by atoms with Gasteiger partial charge in [-0.2, -0.15) is 0 Å². The molecule has 316 valence electrons. The van der Waals surface area contributed by atoms with Crippen molar-refractivity contribution in [2.45, 2.75) is 118 Å². The lowest BCUT2D eigenvalue weighted by Crippen LogP contribution is -2.62. The quantitative estimate of drug-likeness (QED) is 0.163. The van der Waals surface area contributed by atoms with Crippen LogP contribution in [-0.4, -0.2) is 6.71 Å². The van der Waals surface area contributed by atoms with Gasteiger partial charge in [0.2, 0.25) is 0 Å². The van der Waals surface area contributed by atoms with Crippen LogP contribution in [-0.2, 0) is 21.7 Å². The fourth-order valence-electron chi connectivity index (χ4n) is 10.9. The first-order valence-electron chi connectivity index (χ1n) is 23.3. The van der Waals surface area contributed by atoms with Gasteiger partial charge in [-0.15, -0.1) is 0 Å². The molecule has 2 nitrogen and oxygen atoms in total. The van der Waals surface area contributed by atoms with E-state index in [1.165, 1.54) is 119 Å². The van der Waals surface area contributed by atoms with Crippen LogP contribution in [0, 0.1) is 13.8 Å². The number of anilines is 6. The van der Waals surface area contributed by atoms with Crippen molar-refractivity contribution in [2.75, 3.05) is 9.80 Å². The van der Waals surface area contributed by atoms with Gasteiger partial charge in [-0.3, -0.25) is 0 Å². The van der Waals surface area contributed by atoms with Crippen molar-refractivity contribution in [1.82, 2.24) is 0 Å². The second-order valence-corrected chi connectivity index (χ2v) is 22.3. The van der Waals surface area contributed by atoms with Crippen LogP contribution < -0.4 is 26.2 Å². The van der Waals surface area contributed by atoms with E-state index in [0.717, 1.165) is 0 Å². The lowest BCUT2D eigenvalue weighted by molar-refractivity contribution is 0.332. The Hall–Kier alpha value is -5.80. The number of aryl methyl sites for hydroxylation is 2. The molecule has 2 heterocycles. The summed E-state index contributed by atoms with van der Waals surface area (Å²) in [6.45, 7) is 28.6. The number of rotatable bonds is 4. The van der Waals surface area contributed by atoms with Gasteiger partial charge in [0.1, 0.15) is 0 Å². The first-order valence-corrected chi connectivity index (χ1v) is 23.3. The Balaban J connectivity index is 1.33. The summed E-state index contributed by atoms with van der Waals surface area (Å²) in [5, 5.41) is 0. The molecule has 63 heavy (non-hydrogen) atoms. The normalized spacial score (nSPS) is 16.0. The van der Waals surface area contributed by atoms with E-state index in [9.17, 15) is 0 Å². The van der Waals surface area contributed by atoms with Crippen molar-refractivity contribution < 1.29 is 0 Å². The molecular weight excluding hydrogens is 759 g/mol. The van der Waals surface area contributed by atoms with E-state index in [-0.39, 0.29) is 28.4 Å². The fourth-order valence-corrected chi connectivity index (χ4v) is 10.9. The second-order valence-electron chi connectivity index (χ2n) is 22.3. The minimum Gasteiger partial charge on any atom is -0.311 e. The first-order chi connectivity index (χ1) is 29.8. The van der Waals surface area contributed by atoms with Gasteiger partial charge in [0.25, 0.3) is 6.71 Å². The lowest BCUT2D eigenvalue weighted by atomic mass is 9.33. The standard InChI is InChI=1S/C60H63BN2/c1-38-31-54-56-55(32-38)63(51-27-24-43(57(3,4)5)34-45(51)41-21-17-14-18-22-41)53-37-47-46(59(9,10)29-30-60(47,11)12)36-49(53)61(56)48-35-44(58(6,7)8)25-28-52(48)62(54)50-26-23-42(33-39(50)2)40-19-15-13-16-20-40/h13-28,31-37H,29-30H2,1-12H3. The zero-order chi connectivity index (χ0) is 44.4. The molecule has 0 spiro atoms. The van der Waals surface area contributed by atoms with Gasteiger partial charge >= 0.3 is 0 Å². The summed E-state index contributed by atoms with van der Waals surface area (Å²) < 4.78 is 0. The zero-order valence-corrected chi connectivity index (χ0v) is 39.7. The summed E-state index contributed by atoms with van der Waals surface area (Å²) >= 11 is 0. The minimum absolute atomic E-state index is 0.00691. The van der Waals surface area contributed by atoms with Crippen LogP contribution in [0.3, 0.4) is 0 Å². The Bertz CT molecular complexity index is 2940. The van der Waals surface area contributed by atoms with E-state index in [0.29, 0.717) is 0 Å². The van der Waals surface area contributed by atoms with Gasteiger partial charge in [-0.25, -0.2) is 0 Å². The Morgan fingerprint density at radius 2 is 0.952 bits per heavy atom. The van der Waals surface area contributed by atoms with E-state index in [2.05, 4.69) is 232 Å². The maximum Gasteiger partial charge on any atom is 0.252 e. The summed E-state index contributed by atoms with van der Waals surface area (Å²) in [7, 11) is 0. The molecule has 0 atom stereocenters. The van der Waals surface area contributed by atoms with Crippen molar-refractivity contribution in [3.05, 3.63) is 173 Å². The fraction of sp³-hybridized carbons (Fsp3) is 0.300. The van der Waals surface area contributed by atoms with Crippen LogP contribution in [0.5, 0.6) is 0 Å². The summed E-state index contributed by atoms with van der Waals surface area (Å²) in [6.07, 6.45) is 2.34. The van der Waals surface area contributed by atoms with Crippen LogP contribution in [0.15, 0.2) is 140 Å². The number of benzene rings is 7. The van der Waals surface area contributed by atoms with Gasteiger partial charge in [-0.05, 0) is 163 Å². The van der Waals surface area contributed by atoms with Crippen molar-refractivity contribution in [3.8, 4) is 22.3 Å². The molecule has 2 aliphatic heterocycles. The number of nitrogens with zero attached hydrogens (tertiary/aromatic N) is 2. The van der Waals surface area contributed by atoms with Gasteiger partial charge in [0.05, 0.1) is 5.69 Å². The predicted octanol–water partition coefficient (Wildman–Crippen LogP) is 14.7. The van der Waals surface area contributed by atoms with Crippen molar-refractivity contribution in [3.63, 3.8) is 0 Å². The highest BCUT2D eigenvalue weighted by Crippen LogP contribution is 2.52. The number of fused-ring (bicyclic) bond motifs is 5. The Morgan fingerprint density at radius 1 is 0.444 bits per heavy atom. The molecular formula is C60H63BN2. The summed E-state index contributed by atoms with van der Waals surface area (Å²) in [5.41, 5.74) is 25.0. The Morgan fingerprint density at radius 3 is 1.54 bits per heavy atom. The molecule has 7 aromatic carbocycles. The third-order valence-electron chi connectivity index (χ3n) is 14.8. The number of hydrogen-bond donors (Lipinski definition) is 0. The average Bonchev–Trinajstić information content (AvgIpc) is 3.24. The summed E-state index contributed by atoms with van der Waals surface area (Å²) in [4.78, 5) is 5.27. The Labute approximate surface area is 378 Å². The van der Waals surface area contributed by atoms with Gasteiger partial charge in [-0.1, -0.05) is 160 Å². The highest BCUT2D eigenvalue weighted by atomic mass is 15.2. The molecule has 0 aromatic heterocycles. The zero-order valence-electron chi connectivity index (χ0n) is 39.7. The summed E-state index contributed by atoms with van der Waals surface area (Å²) in [5.74, 6) is 0. The van der Waals surface area contributed by atoms with Crippen LogP contribution in [0.2, 0.25) is 0 Å². The highest BCUT2D eigenvalue weighted by molar-refractivity contribution is 7.00. The summed E-state index contributed by atoms with van der Waals surface area (Å²) in [6, 6.07) is 53.9. The Kier molecular flexibility index (Phi) is 9.40. The van der Waals surface area contributed by atoms with E-state index >= 15 is 0 Å². The molecule has 3 aliphatic rings.